The van der Waals surface area contributed by atoms with Crippen molar-refractivity contribution >= 4 is 29.4 Å². The van der Waals surface area contributed by atoms with Crippen molar-refractivity contribution in [1.29, 1.82) is 0 Å². The summed E-state index contributed by atoms with van der Waals surface area (Å²) in [5.41, 5.74) is 5.14. The van der Waals surface area contributed by atoms with Gasteiger partial charge < -0.3 is 34.6 Å². The zero-order valence-electron chi connectivity index (χ0n) is 17.1. The molecule has 0 aromatic carbocycles. The first-order chi connectivity index (χ1) is 14.6. The van der Waals surface area contributed by atoms with E-state index >= 15 is 0 Å². The molecule has 0 saturated carbocycles. The number of aliphatic hydroxyl groups is 1. The van der Waals surface area contributed by atoms with E-state index < -0.39 is 49.0 Å². The van der Waals surface area contributed by atoms with E-state index in [0.29, 0.717) is 0 Å². The molecule has 31 heavy (non-hydrogen) atoms. The highest BCUT2D eigenvalue weighted by molar-refractivity contribution is 5.88. The van der Waals surface area contributed by atoms with Crippen molar-refractivity contribution in [2.75, 3.05) is 6.61 Å². The number of ketones is 2. The van der Waals surface area contributed by atoms with Crippen LogP contribution in [0.15, 0.2) is 6.33 Å². The van der Waals surface area contributed by atoms with Crippen LogP contribution in [0.5, 0.6) is 0 Å². The van der Waals surface area contributed by atoms with E-state index in [0.717, 1.165) is 11.0 Å². The Bertz CT molecular complexity index is 853. The Morgan fingerprint density at radius 1 is 1.03 bits per heavy atom. The molecule has 3 N–H and O–H groups in total. The fraction of sp³-hybridized carbons (Fsp3) is 0.611. The molecule has 0 aliphatic carbocycles. The molecule has 2 heterocycles. The number of rotatable bonds is 11. The maximum Gasteiger partial charge on any atom is 0.306 e. The van der Waals surface area contributed by atoms with Crippen LogP contribution in [0.25, 0.3) is 0 Å². The van der Waals surface area contributed by atoms with Gasteiger partial charge in [0.2, 0.25) is 5.82 Å². The van der Waals surface area contributed by atoms with E-state index in [9.17, 15) is 29.1 Å². The fourth-order valence-electron chi connectivity index (χ4n) is 2.82. The third-order valence-electron chi connectivity index (χ3n) is 4.35. The first-order valence-electron chi connectivity index (χ1n) is 9.47. The van der Waals surface area contributed by atoms with Crippen LogP contribution >= 0.6 is 0 Å². The molecule has 0 radical (unpaired) electrons. The Kier molecular flexibility index (Phi) is 8.33. The van der Waals surface area contributed by atoms with Crippen LogP contribution in [0.4, 0.5) is 0 Å². The molecule has 1 aliphatic heterocycles. The Balaban J connectivity index is 2.26. The maximum atomic E-state index is 12.2. The number of nitrogens with zero attached hydrogens (tertiary/aromatic N) is 3. The number of aliphatic hydroxyl groups excluding tert-OH is 1. The molecule has 1 aromatic heterocycles. The van der Waals surface area contributed by atoms with Crippen LogP contribution in [0.2, 0.25) is 0 Å². The van der Waals surface area contributed by atoms with Crippen molar-refractivity contribution in [3.05, 3.63) is 12.2 Å². The van der Waals surface area contributed by atoms with Gasteiger partial charge in [-0.1, -0.05) is 0 Å². The highest BCUT2D eigenvalue weighted by Gasteiger charge is 2.50. The van der Waals surface area contributed by atoms with Gasteiger partial charge in [0.15, 0.2) is 18.4 Å². The lowest BCUT2D eigenvalue weighted by atomic mass is 10.1. The second kappa shape index (κ2) is 10.7. The average Bonchev–Trinajstić information content (AvgIpc) is 3.30. The third kappa shape index (κ3) is 6.65. The Morgan fingerprint density at radius 3 is 2.03 bits per heavy atom. The lowest BCUT2D eigenvalue weighted by Gasteiger charge is -2.24. The quantitative estimate of drug-likeness (QED) is 0.394. The first kappa shape index (κ1) is 24.1. The van der Waals surface area contributed by atoms with Crippen LogP contribution in [0.3, 0.4) is 0 Å². The number of hydrogen-bond donors (Lipinski definition) is 2. The van der Waals surface area contributed by atoms with Crippen molar-refractivity contribution in [2.24, 2.45) is 5.73 Å². The predicted octanol–water partition coefficient (Wildman–Crippen LogP) is -1.17. The SMILES string of the molecule is CC(=O)CCC(=O)O[C@@H]1[C@H](OC(=O)CCC(C)=O)[C@@H](CO)O[C@H]1n1cnc(C(N)=O)n1. The number of carbonyl (C=O) groups is 5. The molecule has 170 valence electrons. The largest absolute Gasteiger partial charge is 0.455 e. The van der Waals surface area contributed by atoms with Gasteiger partial charge in [0.05, 0.1) is 19.4 Å². The molecule has 2 rings (SSSR count). The first-order valence-corrected chi connectivity index (χ1v) is 9.47. The molecule has 13 heteroatoms. The zero-order valence-corrected chi connectivity index (χ0v) is 17.1. The van der Waals surface area contributed by atoms with Crippen LogP contribution in [-0.2, 0) is 33.4 Å². The van der Waals surface area contributed by atoms with Crippen molar-refractivity contribution in [3.63, 3.8) is 0 Å². The fourth-order valence-corrected chi connectivity index (χ4v) is 2.82. The number of esters is 2. The minimum Gasteiger partial charge on any atom is -0.455 e. The molecule has 1 fully saturated rings. The monoisotopic (exact) mass is 440 g/mol. The van der Waals surface area contributed by atoms with E-state index in [1.165, 1.54) is 13.8 Å². The van der Waals surface area contributed by atoms with Gasteiger partial charge in [0, 0.05) is 12.8 Å². The van der Waals surface area contributed by atoms with Gasteiger partial charge in [-0.05, 0) is 13.8 Å². The topological polar surface area (TPSA) is 190 Å². The summed E-state index contributed by atoms with van der Waals surface area (Å²) >= 11 is 0. The molecule has 1 amide bonds. The predicted molar refractivity (Wildman–Crippen MR) is 99.1 cm³/mol. The van der Waals surface area contributed by atoms with Gasteiger partial charge in [-0.3, -0.25) is 14.4 Å². The summed E-state index contributed by atoms with van der Waals surface area (Å²) in [4.78, 5) is 61.7. The minimum absolute atomic E-state index is 0.0479. The number of aromatic nitrogens is 3. The van der Waals surface area contributed by atoms with Crippen LogP contribution in [0, 0.1) is 0 Å². The molecule has 13 nitrogen and oxygen atoms in total. The minimum atomic E-state index is -1.28. The molecule has 0 bridgehead atoms. The summed E-state index contributed by atoms with van der Waals surface area (Å²) in [6.07, 6.45) is -4.26. The number of nitrogens with two attached hydrogens (primary N) is 1. The van der Waals surface area contributed by atoms with Gasteiger partial charge >= 0.3 is 11.9 Å². The summed E-state index contributed by atoms with van der Waals surface area (Å²) < 4.78 is 17.4. The number of carbonyl (C=O) groups excluding carboxylic acids is 5. The summed E-state index contributed by atoms with van der Waals surface area (Å²) in [5.74, 6) is -3.20. The summed E-state index contributed by atoms with van der Waals surface area (Å²) in [7, 11) is 0. The van der Waals surface area contributed by atoms with Crippen molar-refractivity contribution in [2.45, 2.75) is 64.1 Å². The third-order valence-corrected chi connectivity index (χ3v) is 4.35. The molecule has 0 unspecified atom stereocenters. The highest BCUT2D eigenvalue weighted by Crippen LogP contribution is 2.34. The average molecular weight is 440 g/mol. The summed E-state index contributed by atoms with van der Waals surface area (Å²) in [6.45, 7) is 2.04. The normalized spacial score (nSPS) is 22.7. The van der Waals surface area contributed by atoms with E-state index in [1.54, 1.807) is 0 Å². The summed E-state index contributed by atoms with van der Waals surface area (Å²) in [5, 5.41) is 13.5. The van der Waals surface area contributed by atoms with Crippen LogP contribution < -0.4 is 5.73 Å². The van der Waals surface area contributed by atoms with E-state index in [1.807, 2.05) is 0 Å². The lowest BCUT2D eigenvalue weighted by molar-refractivity contribution is -0.169. The van der Waals surface area contributed by atoms with Gasteiger partial charge in [-0.2, -0.15) is 0 Å². The van der Waals surface area contributed by atoms with Gasteiger partial charge in [0.1, 0.15) is 24.0 Å². The van der Waals surface area contributed by atoms with Crippen LogP contribution in [-0.4, -0.2) is 74.2 Å². The molecule has 4 atom stereocenters. The Labute approximate surface area is 176 Å². The molecule has 1 aromatic rings. The molecule has 1 saturated heterocycles. The van der Waals surface area contributed by atoms with Gasteiger partial charge in [-0.25, -0.2) is 9.67 Å². The van der Waals surface area contributed by atoms with E-state index in [-0.39, 0.29) is 43.1 Å². The number of ether oxygens (including phenoxy) is 3. The van der Waals surface area contributed by atoms with Gasteiger partial charge in [0.25, 0.3) is 5.91 Å². The summed E-state index contributed by atoms with van der Waals surface area (Å²) in [6, 6.07) is 0. The van der Waals surface area contributed by atoms with Gasteiger partial charge in [-0.15, -0.1) is 5.10 Å². The van der Waals surface area contributed by atoms with E-state index in [2.05, 4.69) is 10.1 Å². The maximum absolute atomic E-state index is 12.2. The number of amides is 1. The molecular formula is C18H24N4O9. The Hall–Kier alpha value is -3.19. The van der Waals surface area contributed by atoms with Crippen molar-refractivity contribution in [3.8, 4) is 0 Å². The van der Waals surface area contributed by atoms with Crippen molar-refractivity contribution in [1.82, 2.24) is 14.8 Å². The van der Waals surface area contributed by atoms with Crippen molar-refractivity contribution < 1.29 is 43.3 Å². The number of hydrogen-bond acceptors (Lipinski definition) is 11. The molecular weight excluding hydrogens is 416 g/mol. The lowest BCUT2D eigenvalue weighted by Crippen LogP contribution is -2.40. The standard InChI is InChI=1S/C18H24N4O9/c1-9(24)3-5-12(26)30-14-11(7-23)29-18(22-8-20-17(21-22)16(19)28)15(14)31-13(27)6-4-10(2)25/h8,11,14-15,18,23H,3-7H2,1-2H3,(H2,19,28)/t11-,14-,15-,18-/m1/s1. The molecule has 0 spiro atoms. The smallest absolute Gasteiger partial charge is 0.306 e. The molecule has 1 aliphatic rings. The second-order valence-electron chi connectivity index (χ2n) is 6.97. The Morgan fingerprint density at radius 2 is 1.58 bits per heavy atom. The zero-order chi connectivity index (χ0) is 23.1. The number of Topliss-reactive ketones (excluding diaryl/α,β-unsaturated/α-hetero) is 2. The van der Waals surface area contributed by atoms with E-state index in [4.69, 9.17) is 19.9 Å². The second-order valence-corrected chi connectivity index (χ2v) is 6.97. The number of primary amides is 1. The van der Waals surface area contributed by atoms with Crippen LogP contribution in [0.1, 0.15) is 56.4 Å². The highest BCUT2D eigenvalue weighted by atomic mass is 16.6.